The predicted molar refractivity (Wildman–Crippen MR) is 79.0 cm³/mol. The molecule has 3 heteroatoms. The second kappa shape index (κ2) is 5.47. The van der Waals surface area contributed by atoms with E-state index in [1.54, 1.807) is 12.1 Å². The summed E-state index contributed by atoms with van der Waals surface area (Å²) in [6.45, 7) is 3.57. The van der Waals surface area contributed by atoms with Crippen LogP contribution in [0.15, 0.2) is 52.9 Å². The second-order valence-corrected chi connectivity index (χ2v) is 4.74. The lowest BCUT2D eigenvalue weighted by atomic mass is 10.1. The molecule has 0 aliphatic carbocycles. The molecule has 20 heavy (non-hydrogen) atoms. The second-order valence-electron chi connectivity index (χ2n) is 4.74. The first-order valence-corrected chi connectivity index (χ1v) is 6.76. The maximum atomic E-state index is 14.2. The molecular formula is C17H16FNO. The van der Waals surface area contributed by atoms with Gasteiger partial charge in [0.2, 0.25) is 0 Å². The van der Waals surface area contributed by atoms with Crippen molar-refractivity contribution in [2.45, 2.75) is 13.5 Å². The minimum atomic E-state index is -0.251. The molecule has 2 nitrogen and oxygen atoms in total. The molecule has 2 aromatic carbocycles. The highest BCUT2D eigenvalue weighted by atomic mass is 19.1. The van der Waals surface area contributed by atoms with Gasteiger partial charge in [0, 0.05) is 11.9 Å². The van der Waals surface area contributed by atoms with E-state index in [4.69, 9.17) is 4.42 Å². The van der Waals surface area contributed by atoms with Crippen molar-refractivity contribution < 1.29 is 8.81 Å². The lowest BCUT2D eigenvalue weighted by Gasteiger charge is -2.04. The van der Waals surface area contributed by atoms with Crippen LogP contribution in [0.3, 0.4) is 0 Å². The van der Waals surface area contributed by atoms with E-state index in [0.717, 1.165) is 23.1 Å². The summed E-state index contributed by atoms with van der Waals surface area (Å²) in [4.78, 5) is 0. The van der Waals surface area contributed by atoms with Crippen LogP contribution in [-0.4, -0.2) is 6.54 Å². The predicted octanol–water partition coefficient (Wildman–Crippen LogP) is 4.35. The van der Waals surface area contributed by atoms with Crippen LogP contribution in [-0.2, 0) is 6.54 Å². The zero-order chi connectivity index (χ0) is 13.9. The number of para-hydroxylation sites is 1. The zero-order valence-electron chi connectivity index (χ0n) is 11.3. The highest BCUT2D eigenvalue weighted by Gasteiger charge is 2.11. The van der Waals surface area contributed by atoms with Crippen LogP contribution >= 0.6 is 0 Å². The molecule has 0 aliphatic heterocycles. The Morgan fingerprint density at radius 1 is 1.10 bits per heavy atom. The normalized spacial score (nSPS) is 11.1. The number of fused-ring (bicyclic) bond motifs is 1. The fraction of sp³-hybridized carbons (Fsp3) is 0.176. The van der Waals surface area contributed by atoms with Crippen molar-refractivity contribution in [2.75, 3.05) is 6.54 Å². The molecular weight excluding hydrogens is 253 g/mol. The van der Waals surface area contributed by atoms with Crippen molar-refractivity contribution in [3.05, 3.63) is 59.9 Å². The van der Waals surface area contributed by atoms with Gasteiger partial charge < -0.3 is 9.73 Å². The van der Waals surface area contributed by atoms with Crippen LogP contribution in [0.4, 0.5) is 4.39 Å². The fourth-order valence-corrected chi connectivity index (χ4v) is 2.25. The third kappa shape index (κ3) is 2.45. The summed E-state index contributed by atoms with van der Waals surface area (Å²) in [6.07, 6.45) is 0. The average Bonchev–Trinajstić information content (AvgIpc) is 2.88. The van der Waals surface area contributed by atoms with Crippen molar-refractivity contribution in [3.8, 4) is 11.3 Å². The molecule has 3 aromatic rings. The summed E-state index contributed by atoms with van der Waals surface area (Å²) in [6, 6.07) is 14.8. The van der Waals surface area contributed by atoms with Gasteiger partial charge in [-0.25, -0.2) is 4.39 Å². The van der Waals surface area contributed by atoms with Crippen molar-refractivity contribution in [1.82, 2.24) is 5.32 Å². The number of rotatable bonds is 4. The van der Waals surface area contributed by atoms with Crippen LogP contribution in [0.1, 0.15) is 12.5 Å². The first-order valence-electron chi connectivity index (χ1n) is 6.76. The highest BCUT2D eigenvalue weighted by Crippen LogP contribution is 2.29. The van der Waals surface area contributed by atoms with Gasteiger partial charge in [0.25, 0.3) is 0 Å². The van der Waals surface area contributed by atoms with Crippen molar-refractivity contribution in [2.24, 2.45) is 0 Å². The number of halogens is 1. The van der Waals surface area contributed by atoms with Gasteiger partial charge in [0.1, 0.15) is 17.2 Å². The third-order valence-electron chi connectivity index (χ3n) is 3.30. The van der Waals surface area contributed by atoms with Crippen LogP contribution in [0.5, 0.6) is 0 Å². The largest absolute Gasteiger partial charge is 0.456 e. The van der Waals surface area contributed by atoms with E-state index in [-0.39, 0.29) is 5.82 Å². The molecule has 1 heterocycles. The topological polar surface area (TPSA) is 25.2 Å². The lowest BCUT2D eigenvalue weighted by molar-refractivity contribution is 0.599. The Balaban J connectivity index is 1.97. The molecule has 0 bridgehead atoms. The highest BCUT2D eigenvalue weighted by molar-refractivity contribution is 5.82. The van der Waals surface area contributed by atoms with Gasteiger partial charge in [-0.15, -0.1) is 0 Å². The summed E-state index contributed by atoms with van der Waals surface area (Å²) in [7, 11) is 0. The van der Waals surface area contributed by atoms with Gasteiger partial charge in [-0.05, 0) is 36.4 Å². The van der Waals surface area contributed by atoms with Gasteiger partial charge in [-0.2, -0.15) is 0 Å². The van der Waals surface area contributed by atoms with Crippen LogP contribution in [0, 0.1) is 5.82 Å². The average molecular weight is 269 g/mol. The minimum absolute atomic E-state index is 0.251. The van der Waals surface area contributed by atoms with E-state index in [9.17, 15) is 4.39 Å². The fourth-order valence-electron chi connectivity index (χ4n) is 2.25. The van der Waals surface area contributed by atoms with E-state index in [0.29, 0.717) is 17.9 Å². The summed E-state index contributed by atoms with van der Waals surface area (Å²) in [5.74, 6) is 0.318. The summed E-state index contributed by atoms with van der Waals surface area (Å²) < 4.78 is 19.9. The van der Waals surface area contributed by atoms with Gasteiger partial charge >= 0.3 is 0 Å². The minimum Gasteiger partial charge on any atom is -0.456 e. The maximum absolute atomic E-state index is 14.2. The molecule has 0 spiro atoms. The summed E-state index contributed by atoms with van der Waals surface area (Å²) >= 11 is 0. The van der Waals surface area contributed by atoms with Crippen LogP contribution < -0.4 is 5.32 Å². The van der Waals surface area contributed by atoms with Gasteiger partial charge in [0.15, 0.2) is 0 Å². The molecule has 0 radical (unpaired) electrons. The lowest BCUT2D eigenvalue weighted by Crippen LogP contribution is -2.11. The van der Waals surface area contributed by atoms with E-state index in [1.807, 2.05) is 43.3 Å². The molecule has 102 valence electrons. The summed E-state index contributed by atoms with van der Waals surface area (Å²) in [5.41, 5.74) is 2.21. The van der Waals surface area contributed by atoms with E-state index in [2.05, 4.69) is 5.32 Å². The smallest absolute Gasteiger partial charge is 0.138 e. The van der Waals surface area contributed by atoms with E-state index in [1.165, 1.54) is 0 Å². The Bertz CT molecular complexity index is 700. The molecule has 0 aliphatic rings. The molecule has 3 rings (SSSR count). The number of hydrogen-bond donors (Lipinski definition) is 1. The number of furan rings is 1. The number of benzene rings is 2. The Labute approximate surface area is 117 Å². The quantitative estimate of drug-likeness (QED) is 0.761. The molecule has 0 atom stereocenters. The molecule has 1 aromatic heterocycles. The first kappa shape index (κ1) is 12.9. The van der Waals surface area contributed by atoms with Gasteiger partial charge in [-0.3, -0.25) is 0 Å². The van der Waals surface area contributed by atoms with Crippen molar-refractivity contribution in [1.29, 1.82) is 0 Å². The molecule has 0 unspecified atom stereocenters. The van der Waals surface area contributed by atoms with Crippen LogP contribution in [0.25, 0.3) is 22.3 Å². The van der Waals surface area contributed by atoms with E-state index < -0.39 is 0 Å². The number of nitrogens with one attached hydrogen (secondary N) is 1. The Kier molecular flexibility index (Phi) is 3.52. The monoisotopic (exact) mass is 269 g/mol. The zero-order valence-corrected chi connectivity index (χ0v) is 11.3. The Hall–Kier alpha value is -2.13. The van der Waals surface area contributed by atoms with Gasteiger partial charge in [-0.1, -0.05) is 31.2 Å². The Morgan fingerprint density at radius 3 is 2.70 bits per heavy atom. The Morgan fingerprint density at radius 2 is 1.95 bits per heavy atom. The molecule has 0 saturated heterocycles. The molecule has 1 N–H and O–H groups in total. The van der Waals surface area contributed by atoms with E-state index >= 15 is 0 Å². The van der Waals surface area contributed by atoms with Crippen molar-refractivity contribution >= 4 is 11.0 Å². The molecule has 0 fully saturated rings. The first-order chi connectivity index (χ1) is 9.78. The molecule has 0 amide bonds. The van der Waals surface area contributed by atoms with Crippen molar-refractivity contribution in [3.63, 3.8) is 0 Å². The number of hydrogen-bond acceptors (Lipinski definition) is 2. The third-order valence-corrected chi connectivity index (χ3v) is 3.30. The molecule has 0 saturated carbocycles. The summed E-state index contributed by atoms with van der Waals surface area (Å²) in [5, 5.41) is 4.17. The van der Waals surface area contributed by atoms with Gasteiger partial charge in [0.05, 0.1) is 5.56 Å². The SMILES string of the molecule is CCNCc1ccc(-c2cc3ccccc3o2)c(F)c1. The van der Waals surface area contributed by atoms with Crippen LogP contribution in [0.2, 0.25) is 0 Å². The standard InChI is InChI=1S/C17H16FNO/c1-2-19-11-12-7-8-14(15(18)9-12)17-10-13-5-3-4-6-16(13)20-17/h3-10,19H,2,11H2,1H3. The maximum Gasteiger partial charge on any atom is 0.138 e.